The van der Waals surface area contributed by atoms with Crippen molar-refractivity contribution >= 4 is 15.9 Å². The standard InChI is InChI=1S/C17H25N5O5S/c1-12-15(28(24,25)19-4-5-22-6-8-26-9-7-22)10-14(27-12)16-13(11-18-20-16)17(23)21(2)3/h10-11,19H,4-9H2,1-3H3,(H,18,20). The van der Waals surface area contributed by atoms with Crippen LogP contribution in [0.1, 0.15) is 16.1 Å². The summed E-state index contributed by atoms with van der Waals surface area (Å²) in [6, 6.07) is 1.41. The maximum Gasteiger partial charge on any atom is 0.257 e. The van der Waals surface area contributed by atoms with Gasteiger partial charge < -0.3 is 14.1 Å². The predicted octanol–water partition coefficient (Wildman–Crippen LogP) is 0.290. The van der Waals surface area contributed by atoms with Gasteiger partial charge in [0.05, 0.1) is 25.0 Å². The number of hydrogen-bond acceptors (Lipinski definition) is 7. The second kappa shape index (κ2) is 8.43. The fourth-order valence-electron chi connectivity index (χ4n) is 2.97. The summed E-state index contributed by atoms with van der Waals surface area (Å²) in [5, 5.41) is 6.60. The summed E-state index contributed by atoms with van der Waals surface area (Å²) < 4.78 is 38.9. The van der Waals surface area contributed by atoms with Crippen molar-refractivity contribution < 1.29 is 22.4 Å². The maximum absolute atomic E-state index is 12.7. The van der Waals surface area contributed by atoms with Crippen LogP contribution in [0.3, 0.4) is 0 Å². The van der Waals surface area contributed by atoms with Gasteiger partial charge in [-0.2, -0.15) is 5.10 Å². The van der Waals surface area contributed by atoms with E-state index in [1.165, 1.54) is 17.2 Å². The minimum absolute atomic E-state index is 0.0438. The van der Waals surface area contributed by atoms with Crippen molar-refractivity contribution in [2.45, 2.75) is 11.8 Å². The number of aromatic amines is 1. The highest BCUT2D eigenvalue weighted by molar-refractivity contribution is 7.89. The van der Waals surface area contributed by atoms with Gasteiger partial charge in [-0.1, -0.05) is 0 Å². The highest BCUT2D eigenvalue weighted by Gasteiger charge is 2.25. The molecule has 0 bridgehead atoms. The van der Waals surface area contributed by atoms with Gasteiger partial charge in [0.2, 0.25) is 10.0 Å². The Hall–Kier alpha value is -2.21. The Morgan fingerprint density at radius 2 is 2.07 bits per heavy atom. The number of rotatable bonds is 7. The SMILES string of the molecule is Cc1oc(-c2[nH]ncc2C(=O)N(C)C)cc1S(=O)(=O)NCCN1CCOCC1. The quantitative estimate of drug-likeness (QED) is 0.672. The van der Waals surface area contributed by atoms with Crippen LogP contribution in [0.25, 0.3) is 11.5 Å². The van der Waals surface area contributed by atoms with Gasteiger partial charge in [0.1, 0.15) is 16.3 Å². The number of nitrogens with zero attached hydrogens (tertiary/aromatic N) is 3. The Balaban J connectivity index is 1.74. The Bertz CT molecular complexity index is 928. The zero-order valence-electron chi connectivity index (χ0n) is 16.2. The Morgan fingerprint density at radius 1 is 1.36 bits per heavy atom. The second-order valence-electron chi connectivity index (χ2n) is 6.74. The van der Waals surface area contributed by atoms with E-state index in [9.17, 15) is 13.2 Å². The lowest BCUT2D eigenvalue weighted by atomic mass is 10.2. The van der Waals surface area contributed by atoms with Crippen LogP contribution < -0.4 is 4.72 Å². The molecule has 3 rings (SSSR count). The summed E-state index contributed by atoms with van der Waals surface area (Å²) in [5.41, 5.74) is 0.652. The molecule has 1 aliphatic rings. The molecule has 0 saturated carbocycles. The number of morpholine rings is 1. The lowest BCUT2D eigenvalue weighted by Gasteiger charge is -2.26. The molecule has 1 amide bonds. The Kier molecular flexibility index (Phi) is 6.18. The predicted molar refractivity (Wildman–Crippen MR) is 101 cm³/mol. The third-order valence-corrected chi connectivity index (χ3v) is 6.08. The monoisotopic (exact) mass is 411 g/mol. The summed E-state index contributed by atoms with van der Waals surface area (Å²) >= 11 is 0. The van der Waals surface area contributed by atoms with E-state index in [1.807, 2.05) is 0 Å². The fraction of sp³-hybridized carbons (Fsp3) is 0.529. The largest absolute Gasteiger partial charge is 0.458 e. The van der Waals surface area contributed by atoms with E-state index >= 15 is 0 Å². The molecule has 10 nitrogen and oxygen atoms in total. The third-order valence-electron chi connectivity index (χ3n) is 4.51. The number of carbonyl (C=O) groups excluding carboxylic acids is 1. The molecular weight excluding hydrogens is 386 g/mol. The summed E-state index contributed by atoms with van der Waals surface area (Å²) in [6.07, 6.45) is 1.39. The normalized spacial score (nSPS) is 15.7. The molecule has 0 unspecified atom stereocenters. The zero-order valence-corrected chi connectivity index (χ0v) is 17.0. The van der Waals surface area contributed by atoms with Crippen LogP contribution in [0.15, 0.2) is 21.6 Å². The number of ether oxygens (including phenoxy) is 1. The van der Waals surface area contributed by atoms with Crippen molar-refractivity contribution in [2.24, 2.45) is 0 Å². The van der Waals surface area contributed by atoms with Gasteiger partial charge in [-0.3, -0.25) is 14.8 Å². The van der Waals surface area contributed by atoms with E-state index in [-0.39, 0.29) is 28.9 Å². The minimum atomic E-state index is -3.74. The molecule has 1 fully saturated rings. The van der Waals surface area contributed by atoms with E-state index in [0.29, 0.717) is 31.0 Å². The molecule has 1 saturated heterocycles. The molecule has 0 atom stereocenters. The van der Waals surface area contributed by atoms with Gasteiger partial charge >= 0.3 is 0 Å². The van der Waals surface area contributed by atoms with Gasteiger partial charge in [0.25, 0.3) is 5.91 Å². The lowest BCUT2D eigenvalue weighted by Crippen LogP contribution is -2.41. The first kappa shape index (κ1) is 20.5. The second-order valence-corrected chi connectivity index (χ2v) is 8.48. The van der Waals surface area contributed by atoms with Gasteiger partial charge in [0.15, 0.2) is 5.76 Å². The Labute approximate surface area is 163 Å². The summed E-state index contributed by atoms with van der Waals surface area (Å²) in [4.78, 5) is 15.9. The number of hydrogen-bond donors (Lipinski definition) is 2. The van der Waals surface area contributed by atoms with E-state index < -0.39 is 10.0 Å². The van der Waals surface area contributed by atoms with Gasteiger partial charge in [-0.15, -0.1) is 0 Å². The van der Waals surface area contributed by atoms with Crippen molar-refractivity contribution in [1.29, 1.82) is 0 Å². The number of furan rings is 1. The number of H-pyrrole nitrogens is 1. The van der Waals surface area contributed by atoms with Gasteiger partial charge in [0, 0.05) is 46.3 Å². The van der Waals surface area contributed by atoms with Crippen molar-refractivity contribution in [1.82, 2.24) is 24.7 Å². The van der Waals surface area contributed by atoms with Crippen molar-refractivity contribution in [3.63, 3.8) is 0 Å². The average molecular weight is 411 g/mol. The number of sulfonamides is 1. The molecular formula is C17H25N5O5S. The highest BCUT2D eigenvalue weighted by atomic mass is 32.2. The van der Waals surface area contributed by atoms with Crippen LogP contribution in [-0.2, 0) is 14.8 Å². The summed E-state index contributed by atoms with van der Waals surface area (Å²) in [6.45, 7) is 5.37. The maximum atomic E-state index is 12.7. The molecule has 0 radical (unpaired) electrons. The van der Waals surface area contributed by atoms with Gasteiger partial charge in [-0.05, 0) is 6.92 Å². The van der Waals surface area contributed by atoms with Crippen LogP contribution in [-0.4, -0.2) is 87.8 Å². The van der Waals surface area contributed by atoms with E-state index in [1.54, 1.807) is 21.0 Å². The third kappa shape index (κ3) is 4.43. The smallest absolute Gasteiger partial charge is 0.257 e. The molecule has 2 N–H and O–H groups in total. The number of aromatic nitrogens is 2. The van der Waals surface area contributed by atoms with Crippen LogP contribution in [0, 0.1) is 6.92 Å². The highest BCUT2D eigenvalue weighted by Crippen LogP contribution is 2.29. The summed E-state index contributed by atoms with van der Waals surface area (Å²) in [7, 11) is -0.491. The van der Waals surface area contributed by atoms with Crippen LogP contribution in [0.2, 0.25) is 0 Å². The van der Waals surface area contributed by atoms with Crippen molar-refractivity contribution in [3.05, 3.63) is 23.6 Å². The number of nitrogens with one attached hydrogen (secondary N) is 2. The zero-order chi connectivity index (χ0) is 20.3. The first-order chi connectivity index (χ1) is 13.3. The van der Waals surface area contributed by atoms with Crippen molar-refractivity contribution in [2.75, 3.05) is 53.5 Å². The van der Waals surface area contributed by atoms with Gasteiger partial charge in [-0.25, -0.2) is 13.1 Å². The molecule has 28 heavy (non-hydrogen) atoms. The molecule has 0 spiro atoms. The van der Waals surface area contributed by atoms with Crippen LogP contribution >= 0.6 is 0 Å². The number of aryl methyl sites for hydroxylation is 1. The molecule has 2 aromatic heterocycles. The molecule has 0 aliphatic carbocycles. The van der Waals surface area contributed by atoms with E-state index in [4.69, 9.17) is 9.15 Å². The van der Waals surface area contributed by atoms with Crippen LogP contribution in [0.5, 0.6) is 0 Å². The molecule has 1 aliphatic heterocycles. The minimum Gasteiger partial charge on any atom is -0.458 e. The number of amides is 1. The average Bonchev–Trinajstić information content (AvgIpc) is 3.28. The Morgan fingerprint density at radius 3 is 2.75 bits per heavy atom. The van der Waals surface area contributed by atoms with Crippen molar-refractivity contribution in [3.8, 4) is 11.5 Å². The topological polar surface area (TPSA) is 121 Å². The molecule has 2 aromatic rings. The van der Waals surface area contributed by atoms with E-state index in [0.717, 1.165) is 13.1 Å². The van der Waals surface area contributed by atoms with E-state index in [2.05, 4.69) is 19.8 Å². The lowest BCUT2D eigenvalue weighted by molar-refractivity contribution is 0.0390. The first-order valence-electron chi connectivity index (χ1n) is 8.95. The molecule has 154 valence electrons. The molecule has 0 aromatic carbocycles. The van der Waals surface area contributed by atoms with Crippen LogP contribution in [0.4, 0.5) is 0 Å². The summed E-state index contributed by atoms with van der Waals surface area (Å²) in [5.74, 6) is 0.228. The number of carbonyl (C=O) groups is 1. The molecule has 11 heteroatoms. The molecule has 3 heterocycles. The fourth-order valence-corrected chi connectivity index (χ4v) is 4.17. The first-order valence-corrected chi connectivity index (χ1v) is 10.4.